The Labute approximate surface area is 113 Å². The van der Waals surface area contributed by atoms with Crippen molar-refractivity contribution in [3.63, 3.8) is 0 Å². The zero-order chi connectivity index (χ0) is 12.7. The van der Waals surface area contributed by atoms with Gasteiger partial charge in [-0.3, -0.25) is 0 Å². The molecule has 0 aromatic carbocycles. The molecule has 4 heteroatoms. The highest BCUT2D eigenvalue weighted by Crippen LogP contribution is 2.17. The number of rotatable bonds is 7. The van der Waals surface area contributed by atoms with Gasteiger partial charge in [0.25, 0.3) is 0 Å². The first-order valence-corrected chi connectivity index (χ1v) is 7.01. The molecule has 0 spiro atoms. The van der Waals surface area contributed by atoms with Crippen LogP contribution in [-0.4, -0.2) is 36.6 Å². The summed E-state index contributed by atoms with van der Waals surface area (Å²) in [6.07, 6.45) is 3.05. The predicted molar refractivity (Wildman–Crippen MR) is 76.1 cm³/mol. The van der Waals surface area contributed by atoms with E-state index in [1.807, 2.05) is 19.3 Å². The van der Waals surface area contributed by atoms with Gasteiger partial charge in [-0.1, -0.05) is 19.9 Å². The molecule has 1 aromatic rings. The molecule has 1 N–H and O–H groups in total. The van der Waals surface area contributed by atoms with Crippen LogP contribution in [0.4, 0.5) is 0 Å². The molecule has 96 valence electrons. The fraction of sp³-hybridized carbons (Fsp3) is 0.615. The van der Waals surface area contributed by atoms with Crippen molar-refractivity contribution in [2.75, 3.05) is 26.7 Å². The number of hydrogen-bond acceptors (Lipinski definition) is 3. The molecule has 0 saturated heterocycles. The second kappa shape index (κ2) is 7.80. The zero-order valence-corrected chi connectivity index (χ0v) is 12.5. The summed E-state index contributed by atoms with van der Waals surface area (Å²) < 4.78 is 0.889. The Balaban J connectivity index is 2.56. The first kappa shape index (κ1) is 14.6. The van der Waals surface area contributed by atoms with Gasteiger partial charge in [-0.05, 0) is 60.7 Å². The molecule has 0 aliphatic carbocycles. The Kier molecular flexibility index (Phi) is 6.70. The van der Waals surface area contributed by atoms with Crippen molar-refractivity contribution in [3.8, 4) is 0 Å². The van der Waals surface area contributed by atoms with E-state index in [9.17, 15) is 0 Å². The van der Waals surface area contributed by atoms with Crippen LogP contribution in [0.25, 0.3) is 0 Å². The quantitative estimate of drug-likeness (QED) is 0.785. The molecule has 1 aromatic heterocycles. The molecule has 0 fully saturated rings. The van der Waals surface area contributed by atoms with Crippen molar-refractivity contribution in [3.05, 3.63) is 28.5 Å². The van der Waals surface area contributed by atoms with E-state index in [0.29, 0.717) is 6.04 Å². The first-order valence-electron chi connectivity index (χ1n) is 6.22. The molecule has 3 nitrogen and oxygen atoms in total. The Morgan fingerprint density at radius 2 is 2.06 bits per heavy atom. The summed E-state index contributed by atoms with van der Waals surface area (Å²) in [5.41, 5.74) is 1.25. The summed E-state index contributed by atoms with van der Waals surface area (Å²) >= 11 is 3.36. The number of halogens is 1. The minimum absolute atomic E-state index is 0.385. The second-order valence-corrected chi connectivity index (χ2v) is 4.88. The van der Waals surface area contributed by atoms with Crippen molar-refractivity contribution >= 4 is 15.9 Å². The van der Waals surface area contributed by atoms with Gasteiger partial charge in [-0.2, -0.15) is 0 Å². The van der Waals surface area contributed by atoms with Gasteiger partial charge in [0.15, 0.2) is 0 Å². The van der Waals surface area contributed by atoms with Crippen LogP contribution in [0, 0.1) is 0 Å². The van der Waals surface area contributed by atoms with Gasteiger partial charge >= 0.3 is 0 Å². The van der Waals surface area contributed by atoms with Gasteiger partial charge in [-0.25, -0.2) is 4.98 Å². The number of nitrogens with zero attached hydrogens (tertiary/aromatic N) is 2. The molecule has 0 amide bonds. The van der Waals surface area contributed by atoms with Gasteiger partial charge in [0.05, 0.1) is 0 Å². The van der Waals surface area contributed by atoms with E-state index >= 15 is 0 Å². The average molecular weight is 300 g/mol. The molecule has 17 heavy (non-hydrogen) atoms. The van der Waals surface area contributed by atoms with E-state index in [4.69, 9.17) is 0 Å². The van der Waals surface area contributed by atoms with Crippen LogP contribution < -0.4 is 5.32 Å². The number of nitrogens with one attached hydrogen (secondary N) is 1. The third kappa shape index (κ3) is 4.74. The first-order chi connectivity index (χ1) is 8.21. The SMILES string of the molecule is CCN(CC)CCC(NC)c1ccc(Br)nc1. The third-order valence-corrected chi connectivity index (χ3v) is 3.60. The fourth-order valence-electron chi connectivity index (χ4n) is 1.92. The van der Waals surface area contributed by atoms with Crippen molar-refractivity contribution in [2.24, 2.45) is 0 Å². The lowest BCUT2D eigenvalue weighted by Gasteiger charge is -2.22. The zero-order valence-electron chi connectivity index (χ0n) is 10.9. The normalized spacial score (nSPS) is 13.0. The molecule has 0 aliphatic rings. The number of pyridine rings is 1. The lowest BCUT2D eigenvalue weighted by Crippen LogP contribution is -2.28. The van der Waals surface area contributed by atoms with Gasteiger partial charge in [0.2, 0.25) is 0 Å². The van der Waals surface area contributed by atoms with Crippen LogP contribution in [-0.2, 0) is 0 Å². The molecular formula is C13H22BrN3. The van der Waals surface area contributed by atoms with Gasteiger partial charge in [-0.15, -0.1) is 0 Å². The smallest absolute Gasteiger partial charge is 0.106 e. The van der Waals surface area contributed by atoms with E-state index in [-0.39, 0.29) is 0 Å². The molecule has 0 aliphatic heterocycles. The monoisotopic (exact) mass is 299 g/mol. The van der Waals surface area contributed by atoms with Gasteiger partial charge < -0.3 is 10.2 Å². The van der Waals surface area contributed by atoms with E-state index in [2.05, 4.69) is 51.0 Å². The Bertz CT molecular complexity index is 309. The van der Waals surface area contributed by atoms with Crippen molar-refractivity contribution in [1.29, 1.82) is 0 Å². The maximum Gasteiger partial charge on any atom is 0.106 e. The summed E-state index contributed by atoms with van der Waals surface area (Å²) in [5, 5.41) is 3.36. The third-order valence-electron chi connectivity index (χ3n) is 3.13. The molecule has 0 bridgehead atoms. The standard InChI is InChI=1S/C13H22BrN3/c1-4-17(5-2)9-8-12(15-3)11-6-7-13(14)16-10-11/h6-7,10,12,15H,4-5,8-9H2,1-3H3. The number of aromatic nitrogens is 1. The molecule has 0 radical (unpaired) electrons. The maximum absolute atomic E-state index is 4.28. The van der Waals surface area contributed by atoms with Crippen LogP contribution in [0.5, 0.6) is 0 Å². The Hall–Kier alpha value is -0.450. The highest BCUT2D eigenvalue weighted by atomic mass is 79.9. The van der Waals surface area contributed by atoms with Crippen LogP contribution in [0.2, 0.25) is 0 Å². The minimum Gasteiger partial charge on any atom is -0.313 e. The van der Waals surface area contributed by atoms with Crippen LogP contribution >= 0.6 is 15.9 Å². The Morgan fingerprint density at radius 1 is 1.35 bits per heavy atom. The summed E-state index contributed by atoms with van der Waals surface area (Å²) in [4.78, 5) is 6.72. The van der Waals surface area contributed by atoms with Crippen molar-refractivity contribution < 1.29 is 0 Å². The summed E-state index contributed by atoms with van der Waals surface area (Å²) in [7, 11) is 2.01. The summed E-state index contributed by atoms with van der Waals surface area (Å²) in [6.45, 7) is 7.77. The highest BCUT2D eigenvalue weighted by molar-refractivity contribution is 9.10. The van der Waals surface area contributed by atoms with Crippen LogP contribution in [0.1, 0.15) is 31.9 Å². The lowest BCUT2D eigenvalue weighted by molar-refractivity contribution is 0.284. The van der Waals surface area contributed by atoms with E-state index in [0.717, 1.165) is 30.7 Å². The van der Waals surface area contributed by atoms with Crippen molar-refractivity contribution in [2.45, 2.75) is 26.3 Å². The second-order valence-electron chi connectivity index (χ2n) is 4.07. The minimum atomic E-state index is 0.385. The molecule has 1 heterocycles. The maximum atomic E-state index is 4.28. The van der Waals surface area contributed by atoms with E-state index < -0.39 is 0 Å². The molecular weight excluding hydrogens is 278 g/mol. The molecule has 0 saturated carbocycles. The average Bonchev–Trinajstić information content (AvgIpc) is 2.36. The van der Waals surface area contributed by atoms with Gasteiger partial charge in [0, 0.05) is 12.2 Å². The van der Waals surface area contributed by atoms with Crippen LogP contribution in [0.3, 0.4) is 0 Å². The fourth-order valence-corrected chi connectivity index (χ4v) is 2.16. The predicted octanol–water partition coefficient (Wildman–Crippen LogP) is 2.84. The topological polar surface area (TPSA) is 28.2 Å². The summed E-state index contributed by atoms with van der Waals surface area (Å²) in [5.74, 6) is 0. The van der Waals surface area contributed by atoms with Crippen LogP contribution in [0.15, 0.2) is 22.9 Å². The molecule has 1 unspecified atom stereocenters. The molecule has 1 atom stereocenters. The largest absolute Gasteiger partial charge is 0.313 e. The van der Waals surface area contributed by atoms with E-state index in [1.54, 1.807) is 0 Å². The molecule has 1 rings (SSSR count). The Morgan fingerprint density at radius 3 is 2.53 bits per heavy atom. The van der Waals surface area contributed by atoms with Gasteiger partial charge in [0.1, 0.15) is 4.60 Å². The van der Waals surface area contributed by atoms with E-state index in [1.165, 1.54) is 5.56 Å². The number of hydrogen-bond donors (Lipinski definition) is 1. The summed E-state index contributed by atoms with van der Waals surface area (Å²) in [6, 6.07) is 4.51. The van der Waals surface area contributed by atoms with Crippen molar-refractivity contribution in [1.82, 2.24) is 15.2 Å². The highest BCUT2D eigenvalue weighted by Gasteiger charge is 2.10. The lowest BCUT2D eigenvalue weighted by atomic mass is 10.1.